The molecule has 1 saturated heterocycles. The number of likely N-dealkylation sites (tertiary alicyclic amines) is 1. The molecule has 6 nitrogen and oxygen atoms in total. The van der Waals surface area contributed by atoms with Gasteiger partial charge in [0.1, 0.15) is 5.75 Å². The zero-order chi connectivity index (χ0) is 16.2. The van der Waals surface area contributed by atoms with Gasteiger partial charge in [-0.2, -0.15) is 0 Å². The number of nitrogens with zero attached hydrogens (tertiary/aromatic N) is 1. The van der Waals surface area contributed by atoms with Crippen molar-refractivity contribution in [3.8, 4) is 5.75 Å². The normalized spacial score (nSPS) is 20.7. The van der Waals surface area contributed by atoms with Gasteiger partial charge in [0.05, 0.1) is 18.7 Å². The molecular weight excluding hydrogens is 294 g/mol. The number of piperidine rings is 1. The van der Waals surface area contributed by atoms with E-state index < -0.39 is 0 Å². The number of carbonyl (C=O) groups excluding carboxylic acids is 2. The fraction of sp³-hybridized carbons (Fsp3) is 0.529. The second kappa shape index (κ2) is 6.89. The lowest BCUT2D eigenvalue weighted by Crippen LogP contribution is -2.48. The number of urea groups is 1. The average molecular weight is 317 g/mol. The number of ether oxygens (including phenoxy) is 1. The Morgan fingerprint density at radius 3 is 2.74 bits per heavy atom. The summed E-state index contributed by atoms with van der Waals surface area (Å²) >= 11 is 0. The molecule has 1 aromatic carbocycles. The van der Waals surface area contributed by atoms with Crippen LogP contribution in [0.4, 0.5) is 10.5 Å². The fourth-order valence-electron chi connectivity index (χ4n) is 2.85. The molecule has 1 atom stereocenters. The van der Waals surface area contributed by atoms with Gasteiger partial charge in [0.15, 0.2) is 0 Å². The van der Waals surface area contributed by atoms with Crippen molar-refractivity contribution >= 4 is 17.6 Å². The van der Waals surface area contributed by atoms with Gasteiger partial charge in [-0.05, 0) is 37.8 Å². The Balaban J connectivity index is 1.59. The Hall–Kier alpha value is -2.24. The van der Waals surface area contributed by atoms with Gasteiger partial charge in [0, 0.05) is 19.1 Å². The van der Waals surface area contributed by atoms with Crippen LogP contribution in [0.15, 0.2) is 24.3 Å². The van der Waals surface area contributed by atoms with Crippen molar-refractivity contribution in [3.05, 3.63) is 24.3 Å². The van der Waals surface area contributed by atoms with E-state index in [1.165, 1.54) is 0 Å². The van der Waals surface area contributed by atoms with Gasteiger partial charge in [0.25, 0.3) is 0 Å². The zero-order valence-electron chi connectivity index (χ0n) is 13.4. The molecule has 3 rings (SSSR count). The molecule has 0 spiro atoms. The van der Waals surface area contributed by atoms with E-state index in [1.54, 1.807) is 12.0 Å². The van der Waals surface area contributed by atoms with Crippen LogP contribution in [-0.4, -0.2) is 43.1 Å². The number of hydrogen-bond donors (Lipinski definition) is 2. The van der Waals surface area contributed by atoms with Crippen LogP contribution in [0.3, 0.4) is 0 Å². The average Bonchev–Trinajstić information content (AvgIpc) is 3.39. The molecule has 1 saturated carbocycles. The SMILES string of the molecule is COc1ccccc1NC(=O)C1CCCN(C(=O)NC2CC2)C1. The minimum absolute atomic E-state index is 0.0395. The number of benzene rings is 1. The largest absolute Gasteiger partial charge is 0.495 e. The van der Waals surface area contributed by atoms with E-state index in [2.05, 4.69) is 10.6 Å². The van der Waals surface area contributed by atoms with Crippen molar-refractivity contribution in [2.75, 3.05) is 25.5 Å². The van der Waals surface area contributed by atoms with E-state index in [0.29, 0.717) is 24.0 Å². The number of anilines is 1. The molecule has 0 aromatic heterocycles. The Morgan fingerprint density at radius 2 is 2.00 bits per heavy atom. The van der Waals surface area contributed by atoms with Gasteiger partial charge in [-0.3, -0.25) is 4.79 Å². The molecule has 1 unspecified atom stereocenters. The summed E-state index contributed by atoms with van der Waals surface area (Å²) in [6.07, 6.45) is 3.78. The first-order valence-corrected chi connectivity index (χ1v) is 8.16. The summed E-state index contributed by atoms with van der Waals surface area (Å²) < 4.78 is 5.25. The van der Waals surface area contributed by atoms with E-state index in [4.69, 9.17) is 4.74 Å². The predicted molar refractivity (Wildman–Crippen MR) is 87.5 cm³/mol. The molecule has 3 amide bonds. The number of para-hydroxylation sites is 2. The third-order valence-electron chi connectivity index (χ3n) is 4.35. The van der Waals surface area contributed by atoms with E-state index in [-0.39, 0.29) is 17.9 Å². The predicted octanol–water partition coefficient (Wildman–Crippen LogP) is 2.22. The third-order valence-corrected chi connectivity index (χ3v) is 4.35. The van der Waals surface area contributed by atoms with Crippen molar-refractivity contribution in [2.24, 2.45) is 5.92 Å². The lowest BCUT2D eigenvalue weighted by Gasteiger charge is -2.32. The van der Waals surface area contributed by atoms with Crippen LogP contribution in [0, 0.1) is 5.92 Å². The number of nitrogens with one attached hydrogen (secondary N) is 2. The zero-order valence-corrected chi connectivity index (χ0v) is 13.4. The molecule has 6 heteroatoms. The molecular formula is C17H23N3O3. The van der Waals surface area contributed by atoms with Crippen molar-refractivity contribution in [1.82, 2.24) is 10.2 Å². The smallest absolute Gasteiger partial charge is 0.317 e. The topological polar surface area (TPSA) is 70.7 Å². The second-order valence-electron chi connectivity index (χ2n) is 6.20. The van der Waals surface area contributed by atoms with Gasteiger partial charge in [-0.15, -0.1) is 0 Å². The van der Waals surface area contributed by atoms with Gasteiger partial charge in [-0.1, -0.05) is 12.1 Å². The summed E-state index contributed by atoms with van der Waals surface area (Å²) in [6.45, 7) is 1.19. The Bertz CT molecular complexity index is 586. The summed E-state index contributed by atoms with van der Waals surface area (Å²) in [5.41, 5.74) is 0.666. The first-order chi connectivity index (χ1) is 11.2. The maximum absolute atomic E-state index is 12.5. The quantitative estimate of drug-likeness (QED) is 0.894. The number of amides is 3. The van der Waals surface area contributed by atoms with E-state index in [0.717, 1.165) is 32.2 Å². The molecule has 0 bridgehead atoms. The highest BCUT2D eigenvalue weighted by molar-refractivity contribution is 5.94. The molecule has 2 aliphatic rings. The van der Waals surface area contributed by atoms with E-state index in [9.17, 15) is 9.59 Å². The van der Waals surface area contributed by atoms with Crippen molar-refractivity contribution in [3.63, 3.8) is 0 Å². The van der Waals surface area contributed by atoms with Crippen molar-refractivity contribution < 1.29 is 14.3 Å². The number of methoxy groups -OCH3 is 1. The van der Waals surface area contributed by atoms with Gasteiger partial charge in [-0.25, -0.2) is 4.79 Å². The fourth-order valence-corrected chi connectivity index (χ4v) is 2.85. The molecule has 2 N–H and O–H groups in total. The van der Waals surface area contributed by atoms with Crippen LogP contribution in [-0.2, 0) is 4.79 Å². The van der Waals surface area contributed by atoms with E-state index in [1.807, 2.05) is 24.3 Å². The Morgan fingerprint density at radius 1 is 1.22 bits per heavy atom. The molecule has 2 fully saturated rings. The standard InChI is InChI=1S/C17H23N3O3/c1-23-15-7-3-2-6-14(15)19-16(21)12-5-4-10-20(11-12)17(22)18-13-8-9-13/h2-3,6-7,12-13H,4-5,8-11H2,1H3,(H,18,22)(H,19,21). The van der Waals surface area contributed by atoms with Crippen molar-refractivity contribution in [1.29, 1.82) is 0 Å². The molecule has 1 aromatic rings. The lowest BCUT2D eigenvalue weighted by atomic mass is 9.97. The first-order valence-electron chi connectivity index (χ1n) is 8.16. The first kappa shape index (κ1) is 15.6. The van der Waals surface area contributed by atoms with Crippen LogP contribution in [0.1, 0.15) is 25.7 Å². The molecule has 1 aliphatic heterocycles. The van der Waals surface area contributed by atoms with Crippen LogP contribution >= 0.6 is 0 Å². The highest BCUT2D eigenvalue weighted by Gasteiger charge is 2.31. The number of hydrogen-bond acceptors (Lipinski definition) is 3. The monoisotopic (exact) mass is 317 g/mol. The summed E-state index contributed by atoms with van der Waals surface area (Å²) in [4.78, 5) is 26.4. The minimum Gasteiger partial charge on any atom is -0.495 e. The van der Waals surface area contributed by atoms with Crippen LogP contribution in [0.5, 0.6) is 5.75 Å². The minimum atomic E-state index is -0.182. The lowest BCUT2D eigenvalue weighted by molar-refractivity contribution is -0.121. The van der Waals surface area contributed by atoms with Gasteiger partial charge in [0.2, 0.25) is 5.91 Å². The molecule has 1 aliphatic carbocycles. The van der Waals surface area contributed by atoms with Crippen molar-refractivity contribution in [2.45, 2.75) is 31.7 Å². The second-order valence-corrected chi connectivity index (χ2v) is 6.20. The summed E-state index contributed by atoms with van der Waals surface area (Å²) in [7, 11) is 1.58. The summed E-state index contributed by atoms with van der Waals surface area (Å²) in [6, 6.07) is 7.64. The highest BCUT2D eigenvalue weighted by Crippen LogP contribution is 2.26. The summed E-state index contributed by atoms with van der Waals surface area (Å²) in [5.74, 6) is 0.400. The van der Waals surface area contributed by atoms with Gasteiger partial charge < -0.3 is 20.3 Å². The molecule has 1 heterocycles. The number of rotatable bonds is 4. The number of carbonyl (C=O) groups is 2. The van der Waals surface area contributed by atoms with Gasteiger partial charge >= 0.3 is 6.03 Å². The highest BCUT2D eigenvalue weighted by atomic mass is 16.5. The van der Waals surface area contributed by atoms with E-state index >= 15 is 0 Å². The Kier molecular flexibility index (Phi) is 4.69. The van der Waals surface area contributed by atoms with Crippen LogP contribution in [0.2, 0.25) is 0 Å². The maximum atomic E-state index is 12.5. The molecule has 124 valence electrons. The maximum Gasteiger partial charge on any atom is 0.317 e. The third kappa shape index (κ3) is 3.94. The van der Waals surface area contributed by atoms with Crippen LogP contribution in [0.25, 0.3) is 0 Å². The Labute approximate surface area is 136 Å². The summed E-state index contributed by atoms with van der Waals surface area (Å²) in [5, 5.41) is 5.91. The molecule has 0 radical (unpaired) electrons. The molecule has 23 heavy (non-hydrogen) atoms. The van der Waals surface area contributed by atoms with Crippen LogP contribution < -0.4 is 15.4 Å².